The molecule has 6 heteroatoms. The summed E-state index contributed by atoms with van der Waals surface area (Å²) < 4.78 is 0. The highest BCUT2D eigenvalue weighted by Crippen LogP contribution is 1.84. The highest BCUT2D eigenvalue weighted by molar-refractivity contribution is 5.78. The lowest BCUT2D eigenvalue weighted by Crippen LogP contribution is -2.35. The molecule has 0 bridgehead atoms. The number of hydrogen-bond acceptors (Lipinski definition) is 3. The van der Waals surface area contributed by atoms with Gasteiger partial charge in [-0.15, -0.1) is 0 Å². The molecule has 0 spiro atoms. The summed E-state index contributed by atoms with van der Waals surface area (Å²) in [6.07, 6.45) is 0. The van der Waals surface area contributed by atoms with Crippen molar-refractivity contribution in [3.8, 4) is 0 Å². The largest absolute Gasteiger partial charge is 0.355 e. The zero-order valence-corrected chi connectivity index (χ0v) is 8.73. The molecule has 6 nitrogen and oxygen atoms in total. The van der Waals surface area contributed by atoms with Crippen molar-refractivity contribution in [2.24, 2.45) is 5.11 Å². The molecule has 1 N–H and O–H groups in total. The van der Waals surface area contributed by atoms with Gasteiger partial charge < -0.3 is 10.2 Å². The first-order chi connectivity index (χ1) is 6.74. The molecule has 0 saturated carbocycles. The predicted octanol–water partition coefficient (Wildman–Crippen LogP) is 0.755. The Bertz CT molecular complexity index is 208. The van der Waals surface area contributed by atoms with Gasteiger partial charge in [0.2, 0.25) is 5.91 Å². The van der Waals surface area contributed by atoms with Gasteiger partial charge in [-0.1, -0.05) is 19.0 Å². The fraction of sp³-hybridized carbons (Fsp3) is 0.875. The Morgan fingerprint density at radius 3 is 2.64 bits per heavy atom. The molecule has 0 unspecified atom stereocenters. The summed E-state index contributed by atoms with van der Waals surface area (Å²) in [5.74, 6) is -0.227. The molecule has 0 rings (SSSR count). The molecule has 1 amide bonds. The molecule has 0 radical (unpaired) electrons. The standard InChI is InChI=1S/C8H17N5O/c1-3-13(4-2)6-5-10-8(14)7-11-12-9/h3-7H2,1-2H3,(H,10,14). The van der Waals surface area contributed by atoms with Crippen LogP contribution < -0.4 is 5.32 Å². The summed E-state index contributed by atoms with van der Waals surface area (Å²) >= 11 is 0. The van der Waals surface area contributed by atoms with E-state index in [2.05, 4.69) is 34.1 Å². The monoisotopic (exact) mass is 199 g/mol. The zero-order valence-electron chi connectivity index (χ0n) is 8.73. The van der Waals surface area contributed by atoms with Gasteiger partial charge in [0.1, 0.15) is 6.54 Å². The van der Waals surface area contributed by atoms with Crippen molar-refractivity contribution >= 4 is 5.91 Å². The van der Waals surface area contributed by atoms with E-state index >= 15 is 0 Å². The number of nitrogens with one attached hydrogen (secondary N) is 1. The van der Waals surface area contributed by atoms with Crippen LogP contribution in [0.4, 0.5) is 0 Å². The van der Waals surface area contributed by atoms with Crippen molar-refractivity contribution in [3.63, 3.8) is 0 Å². The van der Waals surface area contributed by atoms with E-state index in [1.54, 1.807) is 0 Å². The van der Waals surface area contributed by atoms with Crippen molar-refractivity contribution < 1.29 is 4.79 Å². The van der Waals surface area contributed by atoms with Crippen molar-refractivity contribution in [2.45, 2.75) is 13.8 Å². The third-order valence-corrected chi connectivity index (χ3v) is 1.92. The smallest absolute Gasteiger partial charge is 0.225 e. The van der Waals surface area contributed by atoms with Gasteiger partial charge in [0.05, 0.1) is 0 Å². The summed E-state index contributed by atoms with van der Waals surface area (Å²) in [6.45, 7) is 7.41. The lowest BCUT2D eigenvalue weighted by molar-refractivity contribution is -0.119. The Balaban J connectivity index is 3.52. The second kappa shape index (κ2) is 8.34. The number of nitrogens with zero attached hydrogens (tertiary/aromatic N) is 4. The summed E-state index contributed by atoms with van der Waals surface area (Å²) in [5.41, 5.74) is 7.98. The van der Waals surface area contributed by atoms with Gasteiger partial charge in [0, 0.05) is 18.0 Å². The molecule has 0 atom stereocenters. The number of azide groups is 1. The third-order valence-electron chi connectivity index (χ3n) is 1.92. The van der Waals surface area contributed by atoms with Crippen LogP contribution in [0.3, 0.4) is 0 Å². The first kappa shape index (κ1) is 12.7. The SMILES string of the molecule is CCN(CC)CCNC(=O)CN=[N+]=[N-]. The van der Waals surface area contributed by atoms with Gasteiger partial charge in [-0.05, 0) is 18.6 Å². The maximum absolute atomic E-state index is 11.0. The average Bonchev–Trinajstić information content (AvgIpc) is 2.21. The van der Waals surface area contributed by atoms with Gasteiger partial charge in [0.15, 0.2) is 0 Å². The summed E-state index contributed by atoms with van der Waals surface area (Å²) in [5, 5.41) is 5.84. The number of rotatable bonds is 7. The third kappa shape index (κ3) is 6.28. The highest BCUT2D eigenvalue weighted by atomic mass is 16.1. The van der Waals surface area contributed by atoms with E-state index in [1.807, 2.05) is 0 Å². The first-order valence-electron chi connectivity index (χ1n) is 4.74. The predicted molar refractivity (Wildman–Crippen MR) is 54.8 cm³/mol. The topological polar surface area (TPSA) is 81.1 Å². The number of carbonyl (C=O) groups excluding carboxylic acids is 1. The Labute approximate surface area is 83.9 Å². The minimum absolute atomic E-state index is 0.116. The molecular formula is C8H17N5O. The molecular weight excluding hydrogens is 182 g/mol. The zero-order chi connectivity index (χ0) is 10.8. The molecule has 0 saturated heterocycles. The molecule has 0 fully saturated rings. The van der Waals surface area contributed by atoms with Gasteiger partial charge in [-0.3, -0.25) is 4.79 Å². The summed E-state index contributed by atoms with van der Waals surface area (Å²) in [4.78, 5) is 15.7. The second-order valence-corrected chi connectivity index (χ2v) is 2.77. The molecule has 80 valence electrons. The van der Waals surface area contributed by atoms with Crippen LogP contribution in [0.5, 0.6) is 0 Å². The number of amides is 1. The first-order valence-corrected chi connectivity index (χ1v) is 4.74. The fourth-order valence-electron chi connectivity index (χ4n) is 1.05. The number of hydrogen-bond donors (Lipinski definition) is 1. The van der Waals surface area contributed by atoms with E-state index in [0.29, 0.717) is 6.54 Å². The molecule has 0 aliphatic heterocycles. The van der Waals surface area contributed by atoms with E-state index < -0.39 is 0 Å². The highest BCUT2D eigenvalue weighted by Gasteiger charge is 2.00. The van der Waals surface area contributed by atoms with Gasteiger partial charge in [0.25, 0.3) is 0 Å². The van der Waals surface area contributed by atoms with Crippen LogP contribution >= 0.6 is 0 Å². The van der Waals surface area contributed by atoms with Gasteiger partial charge >= 0.3 is 0 Å². The lowest BCUT2D eigenvalue weighted by Gasteiger charge is -2.17. The lowest BCUT2D eigenvalue weighted by atomic mass is 10.4. The van der Waals surface area contributed by atoms with Crippen molar-refractivity contribution in [3.05, 3.63) is 10.4 Å². The molecule has 0 aromatic heterocycles. The van der Waals surface area contributed by atoms with E-state index in [0.717, 1.165) is 19.6 Å². The Hall–Kier alpha value is -1.26. The minimum atomic E-state index is -0.227. The maximum atomic E-state index is 11.0. The van der Waals surface area contributed by atoms with Crippen LogP contribution in [0, 0.1) is 0 Å². The molecule has 14 heavy (non-hydrogen) atoms. The van der Waals surface area contributed by atoms with E-state index in [9.17, 15) is 4.79 Å². The van der Waals surface area contributed by atoms with Crippen LogP contribution in [0.25, 0.3) is 10.4 Å². The Kier molecular flexibility index (Phi) is 7.59. The van der Waals surface area contributed by atoms with Crippen molar-refractivity contribution in [1.82, 2.24) is 10.2 Å². The van der Waals surface area contributed by atoms with Gasteiger partial charge in [-0.25, -0.2) is 0 Å². The van der Waals surface area contributed by atoms with Crippen LogP contribution in [0.15, 0.2) is 5.11 Å². The van der Waals surface area contributed by atoms with Crippen LogP contribution in [-0.2, 0) is 4.79 Å². The van der Waals surface area contributed by atoms with Crippen molar-refractivity contribution in [1.29, 1.82) is 0 Å². The fourth-order valence-corrected chi connectivity index (χ4v) is 1.05. The van der Waals surface area contributed by atoms with E-state index in [-0.39, 0.29) is 12.5 Å². The number of carbonyl (C=O) groups is 1. The molecule has 0 aliphatic rings. The minimum Gasteiger partial charge on any atom is -0.355 e. The average molecular weight is 199 g/mol. The quantitative estimate of drug-likeness (QED) is 0.373. The number of likely N-dealkylation sites (N-methyl/N-ethyl adjacent to an activating group) is 1. The maximum Gasteiger partial charge on any atom is 0.225 e. The van der Waals surface area contributed by atoms with Crippen LogP contribution in [0.2, 0.25) is 0 Å². The Morgan fingerprint density at radius 1 is 1.50 bits per heavy atom. The molecule has 0 heterocycles. The Morgan fingerprint density at radius 2 is 2.14 bits per heavy atom. The van der Waals surface area contributed by atoms with E-state index in [1.165, 1.54) is 0 Å². The van der Waals surface area contributed by atoms with Gasteiger partial charge in [-0.2, -0.15) is 0 Å². The summed E-state index contributed by atoms with van der Waals surface area (Å²) in [7, 11) is 0. The second-order valence-electron chi connectivity index (χ2n) is 2.77. The molecule has 0 aromatic rings. The van der Waals surface area contributed by atoms with E-state index in [4.69, 9.17) is 5.53 Å². The molecule has 0 aromatic carbocycles. The van der Waals surface area contributed by atoms with Crippen molar-refractivity contribution in [2.75, 3.05) is 32.7 Å². The van der Waals surface area contributed by atoms with Crippen LogP contribution in [0.1, 0.15) is 13.8 Å². The summed E-state index contributed by atoms with van der Waals surface area (Å²) in [6, 6.07) is 0. The molecule has 0 aliphatic carbocycles. The normalized spacial score (nSPS) is 9.64. The van der Waals surface area contributed by atoms with Crippen LogP contribution in [-0.4, -0.2) is 43.5 Å².